The molecule has 15 heteroatoms. The molecule has 5 atom stereocenters. The number of hydrogen-bond donors (Lipinski definition) is 3. The van der Waals surface area contributed by atoms with E-state index in [2.05, 4.69) is 10.6 Å². The number of aliphatic hydroxyl groups is 1. The van der Waals surface area contributed by atoms with E-state index < -0.39 is 52.2 Å². The quantitative estimate of drug-likeness (QED) is 0.234. The molecule has 3 aliphatic rings. The van der Waals surface area contributed by atoms with Crippen LogP contribution in [0.15, 0.2) is 53.4 Å². The fraction of sp³-hybridized carbons (Fsp3) is 0.588. The molecular formula is C34H47N3O11S. The Morgan fingerprint density at radius 2 is 1.86 bits per heavy atom. The van der Waals surface area contributed by atoms with Crippen LogP contribution < -0.4 is 20.1 Å². The highest BCUT2D eigenvalue weighted by Crippen LogP contribution is 2.36. The van der Waals surface area contributed by atoms with Crippen LogP contribution in [0.1, 0.15) is 45.6 Å². The lowest BCUT2D eigenvalue weighted by Crippen LogP contribution is -2.52. The van der Waals surface area contributed by atoms with Crippen LogP contribution in [0.2, 0.25) is 0 Å². The molecule has 14 nitrogen and oxygen atoms in total. The van der Waals surface area contributed by atoms with E-state index >= 15 is 0 Å². The van der Waals surface area contributed by atoms with Crippen LogP contribution in [0.4, 0.5) is 9.59 Å². The van der Waals surface area contributed by atoms with Crippen molar-refractivity contribution in [1.82, 2.24) is 14.9 Å². The van der Waals surface area contributed by atoms with Crippen molar-refractivity contribution >= 4 is 22.2 Å². The lowest BCUT2D eigenvalue weighted by Gasteiger charge is -2.35. The molecule has 0 aromatic heterocycles. The van der Waals surface area contributed by atoms with Gasteiger partial charge in [-0.3, -0.25) is 0 Å². The molecule has 0 unspecified atom stereocenters. The highest BCUT2D eigenvalue weighted by molar-refractivity contribution is 7.89. The second kappa shape index (κ2) is 16.4. The van der Waals surface area contributed by atoms with Gasteiger partial charge < -0.3 is 44.2 Å². The zero-order valence-corrected chi connectivity index (χ0v) is 29.0. The van der Waals surface area contributed by atoms with Crippen LogP contribution in [0.5, 0.6) is 11.5 Å². The minimum atomic E-state index is -4.22. The first-order valence-corrected chi connectivity index (χ1v) is 18.1. The number of nitrogens with zero attached hydrogens (tertiary/aromatic N) is 1. The van der Waals surface area contributed by atoms with Gasteiger partial charge >= 0.3 is 12.2 Å². The monoisotopic (exact) mass is 705 g/mol. The van der Waals surface area contributed by atoms with Gasteiger partial charge in [0.1, 0.15) is 6.10 Å². The van der Waals surface area contributed by atoms with Gasteiger partial charge in [-0.05, 0) is 48.8 Å². The van der Waals surface area contributed by atoms with Gasteiger partial charge in [0.15, 0.2) is 17.8 Å². The number of aliphatic hydroxyl groups excluding tert-OH is 1. The lowest BCUT2D eigenvalue weighted by molar-refractivity contribution is -0.0907. The molecule has 0 spiro atoms. The van der Waals surface area contributed by atoms with E-state index in [-0.39, 0.29) is 50.3 Å². The molecular weight excluding hydrogens is 658 g/mol. The molecule has 49 heavy (non-hydrogen) atoms. The summed E-state index contributed by atoms with van der Waals surface area (Å²) in [4.78, 5) is 25.2. The van der Waals surface area contributed by atoms with Gasteiger partial charge in [-0.2, -0.15) is 4.31 Å². The molecule has 2 fully saturated rings. The smallest absolute Gasteiger partial charge is 0.407 e. The third kappa shape index (κ3) is 9.75. The van der Waals surface area contributed by atoms with Crippen molar-refractivity contribution in [3.63, 3.8) is 0 Å². The van der Waals surface area contributed by atoms with Crippen molar-refractivity contribution < 1.29 is 51.5 Å². The molecule has 0 saturated carbocycles. The summed E-state index contributed by atoms with van der Waals surface area (Å²) in [5.74, 6) is 0.657. The number of nitrogens with one attached hydrogen (secondary N) is 2. The van der Waals surface area contributed by atoms with E-state index in [1.165, 1.54) is 22.5 Å². The predicted molar refractivity (Wildman–Crippen MR) is 177 cm³/mol. The van der Waals surface area contributed by atoms with E-state index in [9.17, 15) is 23.1 Å². The summed E-state index contributed by atoms with van der Waals surface area (Å²) in [7, 11) is -4.22. The van der Waals surface area contributed by atoms with Crippen LogP contribution >= 0.6 is 0 Å². The Balaban J connectivity index is 1.35. The molecule has 5 rings (SSSR count). The maximum absolute atomic E-state index is 14.3. The molecule has 0 bridgehead atoms. The van der Waals surface area contributed by atoms with E-state index in [4.69, 9.17) is 28.4 Å². The first-order valence-electron chi connectivity index (χ1n) is 16.7. The summed E-state index contributed by atoms with van der Waals surface area (Å²) in [6.45, 7) is 6.53. The highest BCUT2D eigenvalue weighted by Gasteiger charge is 2.44. The zero-order valence-electron chi connectivity index (χ0n) is 28.2. The summed E-state index contributed by atoms with van der Waals surface area (Å²) in [6, 6.07) is 12.7. The van der Waals surface area contributed by atoms with Gasteiger partial charge in [0.25, 0.3) is 0 Å². The molecule has 270 valence electrons. The number of benzene rings is 2. The number of alkyl carbamates (subject to hydrolysis) is 2. The van der Waals surface area contributed by atoms with Gasteiger partial charge in [-0.1, -0.05) is 51.1 Å². The number of fused-ring (bicyclic) bond motifs is 2. The van der Waals surface area contributed by atoms with E-state index in [0.717, 1.165) is 5.56 Å². The molecule has 3 aliphatic heterocycles. The minimum absolute atomic E-state index is 0.0164. The number of hydrogen-bond acceptors (Lipinski definition) is 11. The Morgan fingerprint density at radius 1 is 1.08 bits per heavy atom. The van der Waals surface area contributed by atoms with Gasteiger partial charge in [0.05, 0.1) is 42.8 Å². The number of carbonyl (C=O) groups excluding carboxylic acids is 2. The van der Waals surface area contributed by atoms with Gasteiger partial charge in [-0.25, -0.2) is 18.0 Å². The average molecular weight is 706 g/mol. The SMILES string of the molecule is CCCOC(=O)NCCC(C)(C)CN(C[C@@H](O)[C@H](Cc1ccccc1)NC(=O)O[C@H]1CO[C@H]2OCC[C@H]21)S(=O)(=O)c1ccc2c(c1)OCO2. The Kier molecular flexibility index (Phi) is 12.3. The molecule has 2 aromatic carbocycles. The second-order valence-corrected chi connectivity index (χ2v) is 15.2. The summed E-state index contributed by atoms with van der Waals surface area (Å²) >= 11 is 0. The Bertz CT molecular complexity index is 1520. The molecule has 0 radical (unpaired) electrons. The first-order chi connectivity index (χ1) is 23.4. The number of rotatable bonds is 16. The van der Waals surface area contributed by atoms with Crippen molar-refractivity contribution in [2.45, 2.75) is 75.9 Å². The molecule has 2 saturated heterocycles. The Hall–Kier alpha value is -3.63. The summed E-state index contributed by atoms with van der Waals surface area (Å²) < 4.78 is 62.5. The Morgan fingerprint density at radius 3 is 2.63 bits per heavy atom. The normalized spacial score (nSPS) is 21.2. The summed E-state index contributed by atoms with van der Waals surface area (Å²) in [5, 5.41) is 17.3. The summed E-state index contributed by atoms with van der Waals surface area (Å²) in [6.07, 6.45) is -1.53. The average Bonchev–Trinajstić information content (AvgIpc) is 3.82. The lowest BCUT2D eigenvalue weighted by atomic mass is 9.89. The van der Waals surface area contributed by atoms with Gasteiger partial charge in [-0.15, -0.1) is 0 Å². The van der Waals surface area contributed by atoms with E-state index in [0.29, 0.717) is 44.0 Å². The topological polar surface area (TPSA) is 171 Å². The van der Waals surface area contributed by atoms with E-state index in [1.807, 2.05) is 51.1 Å². The van der Waals surface area contributed by atoms with E-state index in [1.54, 1.807) is 0 Å². The fourth-order valence-corrected chi connectivity index (χ4v) is 7.76. The third-order valence-electron chi connectivity index (χ3n) is 8.80. The van der Waals surface area contributed by atoms with Crippen molar-refractivity contribution in [2.75, 3.05) is 46.2 Å². The highest BCUT2D eigenvalue weighted by atomic mass is 32.2. The van der Waals surface area contributed by atoms with Crippen molar-refractivity contribution in [3.8, 4) is 11.5 Å². The predicted octanol–water partition coefficient (Wildman–Crippen LogP) is 3.42. The molecule has 2 amide bonds. The molecule has 3 heterocycles. The standard InChI is InChI=1S/C34H47N3O11S/c1-4-15-44-32(39)35-14-13-34(2,3)21-37(49(41,42)24-10-11-28-29(18-24)47-22-46-28)19-27(38)26(17-23-8-6-5-7-9-23)36-33(40)48-30-20-45-31-25(30)12-16-43-31/h5-11,18,25-27,30-31,38H,4,12-17,19-22H2,1-3H3,(H,35,39)(H,36,40)/t25-,26-,27+,30-,31+/m0/s1. The zero-order chi connectivity index (χ0) is 35.0. The van der Waals surface area contributed by atoms with Crippen molar-refractivity contribution in [1.29, 1.82) is 0 Å². The Labute approximate surface area is 287 Å². The summed E-state index contributed by atoms with van der Waals surface area (Å²) in [5.41, 5.74) is 0.164. The second-order valence-electron chi connectivity index (χ2n) is 13.3. The van der Waals surface area contributed by atoms with Gasteiger partial charge in [0.2, 0.25) is 16.8 Å². The van der Waals surface area contributed by atoms with Crippen LogP contribution in [0, 0.1) is 11.3 Å². The van der Waals surface area contributed by atoms with Crippen LogP contribution in [-0.4, -0.2) is 101 Å². The molecule has 2 aromatic rings. The van der Waals surface area contributed by atoms with Crippen molar-refractivity contribution in [3.05, 3.63) is 54.1 Å². The molecule has 0 aliphatic carbocycles. The third-order valence-corrected chi connectivity index (χ3v) is 10.6. The van der Waals surface area contributed by atoms with Gasteiger partial charge in [0, 0.05) is 25.7 Å². The number of sulfonamides is 1. The van der Waals surface area contributed by atoms with Crippen molar-refractivity contribution in [2.24, 2.45) is 11.3 Å². The number of amides is 2. The largest absolute Gasteiger partial charge is 0.454 e. The van der Waals surface area contributed by atoms with Crippen LogP contribution in [-0.2, 0) is 35.4 Å². The minimum Gasteiger partial charge on any atom is -0.454 e. The number of ether oxygens (including phenoxy) is 6. The number of carbonyl (C=O) groups is 2. The maximum Gasteiger partial charge on any atom is 0.407 e. The fourth-order valence-electron chi connectivity index (χ4n) is 6.10. The maximum atomic E-state index is 14.3. The van der Waals surface area contributed by atoms with Crippen LogP contribution in [0.25, 0.3) is 0 Å². The first kappa shape index (κ1) is 36.6. The molecule has 3 N–H and O–H groups in total. The van der Waals surface area contributed by atoms with Crippen LogP contribution in [0.3, 0.4) is 0 Å².